The quantitative estimate of drug-likeness (QED) is 0.493. The zero-order chi connectivity index (χ0) is 10.2. The second kappa shape index (κ2) is 7.66. The Morgan fingerprint density at radius 1 is 1.29 bits per heavy atom. The average Bonchev–Trinajstić information content (AvgIpc) is 2.10. The predicted molar refractivity (Wildman–Crippen MR) is 64.1 cm³/mol. The maximum Gasteiger partial charge on any atom is 0.0462 e. The molecular weight excluding hydrogens is 242 g/mol. The molecule has 0 amide bonds. The fourth-order valence-corrected chi connectivity index (χ4v) is 2.35. The highest BCUT2D eigenvalue weighted by atomic mass is 79.9. The number of ether oxygens (including phenoxy) is 1. The zero-order valence-corrected chi connectivity index (χ0v) is 10.8. The molecule has 0 unspecified atom stereocenters. The summed E-state index contributed by atoms with van der Waals surface area (Å²) in [4.78, 5) is 2.63. The van der Waals surface area contributed by atoms with Crippen molar-refractivity contribution in [3.05, 3.63) is 0 Å². The van der Waals surface area contributed by atoms with Gasteiger partial charge in [0.1, 0.15) is 0 Å². The predicted octanol–water partition coefficient (Wildman–Crippen LogP) is 2.66. The number of hydrogen-bond acceptors (Lipinski definition) is 2. The van der Waals surface area contributed by atoms with Gasteiger partial charge in [0.2, 0.25) is 0 Å². The van der Waals surface area contributed by atoms with E-state index in [1.54, 1.807) is 7.11 Å². The number of hydrogen-bond donors (Lipinski definition) is 0. The van der Waals surface area contributed by atoms with Gasteiger partial charge < -0.3 is 4.74 Å². The van der Waals surface area contributed by atoms with E-state index in [0.29, 0.717) is 0 Å². The van der Waals surface area contributed by atoms with Crippen LogP contribution in [0.5, 0.6) is 0 Å². The Balaban J connectivity index is 2.08. The van der Waals surface area contributed by atoms with Crippen LogP contribution < -0.4 is 0 Å². The molecule has 1 aliphatic rings. The van der Waals surface area contributed by atoms with Crippen molar-refractivity contribution < 1.29 is 4.74 Å². The molecule has 0 aromatic rings. The number of methoxy groups -OCH3 is 1. The van der Waals surface area contributed by atoms with Gasteiger partial charge in [0.25, 0.3) is 0 Å². The molecule has 0 aromatic carbocycles. The number of halogens is 1. The lowest BCUT2D eigenvalue weighted by Gasteiger charge is -2.37. The second-order valence-electron chi connectivity index (χ2n) is 4.01. The van der Waals surface area contributed by atoms with Crippen LogP contribution in [-0.2, 0) is 4.74 Å². The van der Waals surface area contributed by atoms with Crippen LogP contribution in [-0.4, -0.2) is 43.1 Å². The maximum absolute atomic E-state index is 5.06. The lowest BCUT2D eigenvalue weighted by Crippen LogP contribution is -2.41. The van der Waals surface area contributed by atoms with Crippen molar-refractivity contribution in [1.82, 2.24) is 4.90 Å². The van der Waals surface area contributed by atoms with E-state index in [9.17, 15) is 0 Å². The Morgan fingerprint density at radius 2 is 2.07 bits per heavy atom. The van der Waals surface area contributed by atoms with Gasteiger partial charge in [-0.2, -0.15) is 0 Å². The number of rotatable bonds is 8. The van der Waals surface area contributed by atoms with Gasteiger partial charge >= 0.3 is 0 Å². The average molecular weight is 264 g/mol. The Bertz CT molecular complexity index is 139. The van der Waals surface area contributed by atoms with Crippen LogP contribution in [0.3, 0.4) is 0 Å². The third-order valence-corrected chi connectivity index (χ3v) is 3.36. The Labute approximate surface area is 96.1 Å². The summed E-state index contributed by atoms with van der Waals surface area (Å²) in [6.45, 7) is 3.37. The molecule has 14 heavy (non-hydrogen) atoms. The maximum atomic E-state index is 5.06. The molecule has 0 heterocycles. The minimum Gasteiger partial charge on any atom is -0.385 e. The van der Waals surface area contributed by atoms with E-state index in [2.05, 4.69) is 20.8 Å². The normalized spacial score (nSPS) is 17.4. The molecule has 1 fully saturated rings. The van der Waals surface area contributed by atoms with E-state index in [1.165, 1.54) is 45.2 Å². The van der Waals surface area contributed by atoms with Crippen LogP contribution in [0, 0.1) is 0 Å². The molecule has 1 aliphatic carbocycles. The second-order valence-corrected chi connectivity index (χ2v) is 4.80. The first kappa shape index (κ1) is 12.5. The minimum absolute atomic E-state index is 0.884. The SMILES string of the molecule is COCCCCN(CCBr)C1CCC1. The molecule has 0 aromatic heterocycles. The molecule has 0 atom stereocenters. The molecular formula is C11H22BrNO. The third kappa shape index (κ3) is 4.28. The van der Waals surface area contributed by atoms with Crippen LogP contribution in [0.1, 0.15) is 32.1 Å². The van der Waals surface area contributed by atoms with E-state index in [0.717, 1.165) is 18.0 Å². The molecule has 1 saturated carbocycles. The number of nitrogens with zero attached hydrogens (tertiary/aromatic N) is 1. The molecule has 3 heteroatoms. The van der Waals surface area contributed by atoms with Gasteiger partial charge in [-0.1, -0.05) is 22.4 Å². The molecule has 0 saturated heterocycles. The van der Waals surface area contributed by atoms with Crippen molar-refractivity contribution in [3.8, 4) is 0 Å². The molecule has 0 bridgehead atoms. The lowest BCUT2D eigenvalue weighted by molar-refractivity contribution is 0.126. The van der Waals surface area contributed by atoms with Gasteiger partial charge in [-0.05, 0) is 32.2 Å². The van der Waals surface area contributed by atoms with Crippen molar-refractivity contribution in [1.29, 1.82) is 0 Å². The highest BCUT2D eigenvalue weighted by Gasteiger charge is 2.23. The number of unbranched alkanes of at least 4 members (excludes halogenated alkanes) is 1. The van der Waals surface area contributed by atoms with Gasteiger partial charge in [0.15, 0.2) is 0 Å². The fraction of sp³-hybridized carbons (Fsp3) is 1.00. The van der Waals surface area contributed by atoms with Crippen molar-refractivity contribution in [2.75, 3.05) is 32.1 Å². The van der Waals surface area contributed by atoms with E-state index < -0.39 is 0 Å². The summed E-state index contributed by atoms with van der Waals surface area (Å²) in [5.74, 6) is 0. The molecule has 1 rings (SSSR count). The zero-order valence-electron chi connectivity index (χ0n) is 9.17. The van der Waals surface area contributed by atoms with Gasteiger partial charge in [0.05, 0.1) is 0 Å². The summed E-state index contributed by atoms with van der Waals surface area (Å²) in [6.07, 6.45) is 6.73. The van der Waals surface area contributed by atoms with Crippen molar-refractivity contribution in [2.24, 2.45) is 0 Å². The van der Waals surface area contributed by atoms with Crippen molar-refractivity contribution in [3.63, 3.8) is 0 Å². The van der Waals surface area contributed by atoms with Crippen molar-refractivity contribution in [2.45, 2.75) is 38.1 Å². The fourth-order valence-electron chi connectivity index (χ4n) is 1.90. The first-order valence-corrected chi connectivity index (χ1v) is 6.79. The summed E-state index contributed by atoms with van der Waals surface area (Å²) in [6, 6.07) is 0.884. The Kier molecular flexibility index (Phi) is 6.82. The van der Waals surface area contributed by atoms with E-state index >= 15 is 0 Å². The first-order valence-electron chi connectivity index (χ1n) is 5.67. The molecule has 0 spiro atoms. The van der Waals surface area contributed by atoms with Crippen LogP contribution in [0.25, 0.3) is 0 Å². The molecule has 84 valence electrons. The third-order valence-electron chi connectivity index (χ3n) is 3.01. The number of alkyl halides is 1. The summed E-state index contributed by atoms with van der Waals surface area (Å²) < 4.78 is 5.06. The van der Waals surface area contributed by atoms with E-state index in [1.807, 2.05) is 0 Å². The lowest BCUT2D eigenvalue weighted by atomic mass is 9.91. The van der Waals surface area contributed by atoms with Gasteiger partial charge in [0, 0.05) is 31.6 Å². The molecule has 0 N–H and O–H groups in total. The van der Waals surface area contributed by atoms with Crippen LogP contribution in [0.15, 0.2) is 0 Å². The summed E-state index contributed by atoms with van der Waals surface area (Å²) >= 11 is 3.53. The van der Waals surface area contributed by atoms with Gasteiger partial charge in [-0.25, -0.2) is 0 Å². The smallest absolute Gasteiger partial charge is 0.0462 e. The Hall–Kier alpha value is 0.400. The van der Waals surface area contributed by atoms with Crippen LogP contribution in [0.4, 0.5) is 0 Å². The highest BCUT2D eigenvalue weighted by Crippen LogP contribution is 2.24. The van der Waals surface area contributed by atoms with Crippen LogP contribution >= 0.6 is 15.9 Å². The topological polar surface area (TPSA) is 12.5 Å². The van der Waals surface area contributed by atoms with Gasteiger partial charge in [-0.15, -0.1) is 0 Å². The standard InChI is InChI=1S/C11H22BrNO/c1-14-10-3-2-8-13(9-7-12)11-5-4-6-11/h11H,2-10H2,1H3. The summed E-state index contributed by atoms with van der Waals surface area (Å²) in [7, 11) is 1.78. The van der Waals surface area contributed by atoms with Gasteiger partial charge in [-0.3, -0.25) is 4.90 Å². The summed E-state index contributed by atoms with van der Waals surface area (Å²) in [5.41, 5.74) is 0. The van der Waals surface area contributed by atoms with E-state index in [4.69, 9.17) is 4.74 Å². The molecule has 0 aliphatic heterocycles. The highest BCUT2D eigenvalue weighted by molar-refractivity contribution is 9.09. The van der Waals surface area contributed by atoms with E-state index in [-0.39, 0.29) is 0 Å². The Morgan fingerprint density at radius 3 is 2.57 bits per heavy atom. The monoisotopic (exact) mass is 263 g/mol. The molecule has 2 nitrogen and oxygen atoms in total. The van der Waals surface area contributed by atoms with Crippen molar-refractivity contribution >= 4 is 15.9 Å². The summed E-state index contributed by atoms with van der Waals surface area (Å²) in [5, 5.41) is 1.10. The largest absolute Gasteiger partial charge is 0.385 e. The van der Waals surface area contributed by atoms with Crippen LogP contribution in [0.2, 0.25) is 0 Å². The minimum atomic E-state index is 0.884. The first-order chi connectivity index (χ1) is 6.88. The molecule has 0 radical (unpaired) electrons.